The molecule has 19 heavy (non-hydrogen) atoms. The molecule has 3 rings (SSSR count). The Bertz CT molecular complexity index is 726. The fraction of sp³-hybridized carbons (Fsp3) is 0.286. The number of benzene rings is 1. The van der Waals surface area contributed by atoms with E-state index in [4.69, 9.17) is 5.73 Å². The first-order valence-corrected chi connectivity index (χ1v) is 7.15. The molecule has 4 nitrogen and oxygen atoms in total. The molecule has 0 amide bonds. The van der Waals surface area contributed by atoms with E-state index in [1.54, 1.807) is 11.3 Å². The van der Waals surface area contributed by atoms with Crippen LogP contribution in [0.25, 0.3) is 11.0 Å². The molecular weight excluding hydrogens is 256 g/mol. The summed E-state index contributed by atoms with van der Waals surface area (Å²) in [4.78, 5) is 10.2. The van der Waals surface area contributed by atoms with E-state index in [1.165, 1.54) is 10.4 Å². The first kappa shape index (κ1) is 12.2. The number of fused-ring (bicyclic) bond motifs is 1. The maximum absolute atomic E-state index is 6.04. The number of anilines is 1. The van der Waals surface area contributed by atoms with Crippen LogP contribution < -0.4 is 5.73 Å². The fourth-order valence-electron chi connectivity index (χ4n) is 2.26. The van der Waals surface area contributed by atoms with Gasteiger partial charge in [0, 0.05) is 11.1 Å². The van der Waals surface area contributed by atoms with Crippen molar-refractivity contribution in [2.24, 2.45) is 0 Å². The lowest BCUT2D eigenvalue weighted by molar-refractivity contribution is 0.827. The third kappa shape index (κ3) is 2.10. The maximum atomic E-state index is 6.04. The molecule has 0 aliphatic carbocycles. The lowest BCUT2D eigenvalue weighted by atomic mass is 10.2. The number of aromatic nitrogens is 3. The molecule has 0 saturated heterocycles. The smallest absolute Gasteiger partial charge is 0.201 e. The summed E-state index contributed by atoms with van der Waals surface area (Å²) < 4.78 is 2.04. The molecule has 0 atom stereocenters. The summed E-state index contributed by atoms with van der Waals surface area (Å²) in [5, 5.41) is 1.08. The highest BCUT2D eigenvalue weighted by Crippen LogP contribution is 2.24. The van der Waals surface area contributed by atoms with Crippen LogP contribution in [0.3, 0.4) is 0 Å². The largest absolute Gasteiger partial charge is 0.369 e. The highest BCUT2D eigenvalue weighted by Gasteiger charge is 2.12. The normalized spacial score (nSPS) is 11.3. The Hall–Kier alpha value is -1.88. The van der Waals surface area contributed by atoms with Gasteiger partial charge >= 0.3 is 0 Å². The SMILES string of the molecule is CCc1cnc(Cn2c(N)nc3cccc(C)c32)s1. The van der Waals surface area contributed by atoms with Crippen LogP contribution in [0.1, 0.15) is 22.4 Å². The second-order valence-corrected chi connectivity index (χ2v) is 5.77. The van der Waals surface area contributed by atoms with E-state index < -0.39 is 0 Å². The van der Waals surface area contributed by atoms with Crippen LogP contribution in [0.2, 0.25) is 0 Å². The highest BCUT2D eigenvalue weighted by molar-refractivity contribution is 7.11. The maximum Gasteiger partial charge on any atom is 0.201 e. The summed E-state index contributed by atoms with van der Waals surface area (Å²) in [5.74, 6) is 0.553. The number of nitrogens with zero attached hydrogens (tertiary/aromatic N) is 3. The van der Waals surface area contributed by atoms with Crippen LogP contribution in [-0.2, 0) is 13.0 Å². The van der Waals surface area contributed by atoms with Crippen molar-refractivity contribution < 1.29 is 0 Å². The van der Waals surface area contributed by atoms with Crippen LogP contribution in [0.4, 0.5) is 5.95 Å². The van der Waals surface area contributed by atoms with Gasteiger partial charge in [-0.2, -0.15) is 0 Å². The van der Waals surface area contributed by atoms with Crippen molar-refractivity contribution in [3.63, 3.8) is 0 Å². The van der Waals surface area contributed by atoms with Crippen molar-refractivity contribution in [1.29, 1.82) is 0 Å². The summed E-state index contributed by atoms with van der Waals surface area (Å²) in [7, 11) is 0. The zero-order chi connectivity index (χ0) is 13.4. The molecule has 98 valence electrons. The van der Waals surface area contributed by atoms with Gasteiger partial charge in [-0.15, -0.1) is 11.3 Å². The minimum absolute atomic E-state index is 0.553. The van der Waals surface area contributed by atoms with Gasteiger partial charge in [-0.25, -0.2) is 9.97 Å². The van der Waals surface area contributed by atoms with Crippen molar-refractivity contribution in [2.75, 3.05) is 5.73 Å². The number of hydrogen-bond acceptors (Lipinski definition) is 4. The second-order valence-electron chi connectivity index (χ2n) is 4.57. The summed E-state index contributed by atoms with van der Waals surface area (Å²) in [6, 6.07) is 6.08. The van der Waals surface area contributed by atoms with E-state index in [1.807, 2.05) is 22.9 Å². The number of rotatable bonds is 3. The lowest BCUT2D eigenvalue weighted by Gasteiger charge is -2.05. The van der Waals surface area contributed by atoms with E-state index in [-0.39, 0.29) is 0 Å². The summed E-state index contributed by atoms with van der Waals surface area (Å²) >= 11 is 1.74. The van der Waals surface area contributed by atoms with Gasteiger partial charge in [0.15, 0.2) is 0 Å². The molecule has 0 spiro atoms. The lowest BCUT2D eigenvalue weighted by Crippen LogP contribution is -2.04. The number of nitrogen functional groups attached to an aromatic ring is 1. The quantitative estimate of drug-likeness (QED) is 0.797. The second kappa shape index (κ2) is 4.66. The van der Waals surface area contributed by atoms with Crippen LogP contribution in [0.15, 0.2) is 24.4 Å². The molecule has 0 aliphatic heterocycles. The van der Waals surface area contributed by atoms with Gasteiger partial charge in [0.1, 0.15) is 5.01 Å². The van der Waals surface area contributed by atoms with Crippen LogP contribution in [0, 0.1) is 6.92 Å². The van der Waals surface area contributed by atoms with Crippen molar-refractivity contribution in [3.8, 4) is 0 Å². The molecule has 2 N–H and O–H groups in total. The number of thiazole rings is 1. The van der Waals surface area contributed by atoms with Gasteiger partial charge in [-0.05, 0) is 25.0 Å². The third-order valence-corrected chi connectivity index (χ3v) is 4.37. The molecule has 3 aromatic rings. The molecule has 2 heterocycles. The average molecular weight is 272 g/mol. The molecule has 5 heteroatoms. The molecule has 0 unspecified atom stereocenters. The van der Waals surface area contributed by atoms with E-state index in [0.717, 1.165) is 22.5 Å². The van der Waals surface area contributed by atoms with E-state index >= 15 is 0 Å². The Morgan fingerprint density at radius 2 is 2.21 bits per heavy atom. The van der Waals surface area contributed by atoms with Gasteiger partial charge in [0.2, 0.25) is 5.95 Å². The first-order chi connectivity index (χ1) is 9.19. The van der Waals surface area contributed by atoms with Crippen molar-refractivity contribution in [3.05, 3.63) is 39.8 Å². The standard InChI is InChI=1S/C14H16N4S/c1-3-10-7-16-12(19-10)8-18-13-9(2)5-4-6-11(13)17-14(18)15/h4-7H,3,8H2,1-2H3,(H2,15,17). The number of nitrogens with two attached hydrogens (primary N) is 1. The molecule has 0 aliphatic rings. The van der Waals surface area contributed by atoms with Gasteiger partial charge in [0.25, 0.3) is 0 Å². The van der Waals surface area contributed by atoms with E-state index in [9.17, 15) is 0 Å². The molecule has 0 radical (unpaired) electrons. The molecule has 0 saturated carbocycles. The Balaban J connectivity index is 2.07. The van der Waals surface area contributed by atoms with Crippen LogP contribution in [-0.4, -0.2) is 14.5 Å². The average Bonchev–Trinajstić information content (AvgIpc) is 2.96. The number of imidazole rings is 1. The zero-order valence-electron chi connectivity index (χ0n) is 11.1. The topological polar surface area (TPSA) is 56.7 Å². The van der Waals surface area contributed by atoms with Crippen molar-refractivity contribution in [2.45, 2.75) is 26.8 Å². The van der Waals surface area contributed by atoms with E-state index in [2.05, 4.69) is 29.9 Å². The summed E-state index contributed by atoms with van der Waals surface area (Å²) in [6.45, 7) is 4.92. The van der Waals surface area contributed by atoms with E-state index in [0.29, 0.717) is 12.5 Å². The highest BCUT2D eigenvalue weighted by atomic mass is 32.1. The zero-order valence-corrected chi connectivity index (χ0v) is 11.9. The Morgan fingerprint density at radius 3 is 2.95 bits per heavy atom. The van der Waals surface area contributed by atoms with Gasteiger partial charge in [-0.3, -0.25) is 0 Å². The fourth-order valence-corrected chi connectivity index (χ4v) is 3.11. The number of para-hydroxylation sites is 1. The van der Waals surface area contributed by atoms with Crippen LogP contribution >= 0.6 is 11.3 Å². The van der Waals surface area contributed by atoms with Crippen LogP contribution in [0.5, 0.6) is 0 Å². The van der Waals surface area contributed by atoms with Crippen molar-refractivity contribution >= 4 is 28.3 Å². The molecule has 2 aromatic heterocycles. The Morgan fingerprint density at radius 1 is 1.37 bits per heavy atom. The van der Waals surface area contributed by atoms with Gasteiger partial charge < -0.3 is 10.3 Å². The minimum Gasteiger partial charge on any atom is -0.369 e. The predicted molar refractivity (Wildman–Crippen MR) is 79.5 cm³/mol. The monoisotopic (exact) mass is 272 g/mol. The molecular formula is C14H16N4S. The van der Waals surface area contributed by atoms with Gasteiger partial charge in [0.05, 0.1) is 17.6 Å². The number of aryl methyl sites for hydroxylation is 2. The Labute approximate surface area is 115 Å². The molecule has 0 fully saturated rings. The number of hydrogen-bond donors (Lipinski definition) is 1. The Kier molecular flexibility index (Phi) is 2.98. The predicted octanol–water partition coefficient (Wildman–Crippen LogP) is 2.99. The third-order valence-electron chi connectivity index (χ3n) is 3.24. The molecule has 0 bridgehead atoms. The molecule has 1 aromatic carbocycles. The van der Waals surface area contributed by atoms with Crippen molar-refractivity contribution in [1.82, 2.24) is 14.5 Å². The minimum atomic E-state index is 0.553. The van der Waals surface area contributed by atoms with Gasteiger partial charge in [-0.1, -0.05) is 19.1 Å². The summed E-state index contributed by atoms with van der Waals surface area (Å²) in [6.07, 6.45) is 2.97. The first-order valence-electron chi connectivity index (χ1n) is 6.34. The summed E-state index contributed by atoms with van der Waals surface area (Å²) in [5.41, 5.74) is 9.28.